The standard InChI is InChI=1S/C12H26N2S/c1-5-7-8-13-12(15)14-11(4)9-10(3)6-2/h10-11H,5-9H2,1-4H3,(H2,13,14,15). The summed E-state index contributed by atoms with van der Waals surface area (Å²) in [4.78, 5) is 0. The molecule has 15 heavy (non-hydrogen) atoms. The second-order valence-electron chi connectivity index (χ2n) is 4.40. The highest BCUT2D eigenvalue weighted by molar-refractivity contribution is 7.80. The Labute approximate surface area is 100 Å². The predicted molar refractivity (Wildman–Crippen MR) is 72.2 cm³/mol. The molecule has 2 unspecified atom stereocenters. The Kier molecular flexibility index (Phi) is 8.77. The lowest BCUT2D eigenvalue weighted by molar-refractivity contribution is 0.447. The minimum atomic E-state index is 0.474. The van der Waals surface area contributed by atoms with Crippen molar-refractivity contribution in [3.05, 3.63) is 0 Å². The van der Waals surface area contributed by atoms with Gasteiger partial charge in [-0.1, -0.05) is 33.6 Å². The topological polar surface area (TPSA) is 24.1 Å². The number of hydrogen-bond acceptors (Lipinski definition) is 1. The molecule has 0 aromatic carbocycles. The van der Waals surface area contributed by atoms with Gasteiger partial charge in [0.2, 0.25) is 0 Å². The van der Waals surface area contributed by atoms with E-state index in [-0.39, 0.29) is 0 Å². The van der Waals surface area contributed by atoms with Gasteiger partial charge in [-0.3, -0.25) is 0 Å². The van der Waals surface area contributed by atoms with Crippen molar-refractivity contribution in [2.45, 2.75) is 59.4 Å². The smallest absolute Gasteiger partial charge is 0.166 e. The molecule has 0 aliphatic rings. The maximum Gasteiger partial charge on any atom is 0.166 e. The molecule has 0 rings (SSSR count). The molecule has 2 N–H and O–H groups in total. The van der Waals surface area contributed by atoms with E-state index in [4.69, 9.17) is 12.2 Å². The summed E-state index contributed by atoms with van der Waals surface area (Å²) >= 11 is 5.21. The van der Waals surface area contributed by atoms with Gasteiger partial charge in [0, 0.05) is 12.6 Å². The highest BCUT2D eigenvalue weighted by Crippen LogP contribution is 2.08. The Morgan fingerprint density at radius 1 is 1.27 bits per heavy atom. The van der Waals surface area contributed by atoms with Crippen molar-refractivity contribution in [1.82, 2.24) is 10.6 Å². The zero-order chi connectivity index (χ0) is 11.7. The van der Waals surface area contributed by atoms with E-state index >= 15 is 0 Å². The van der Waals surface area contributed by atoms with Crippen LogP contribution in [0.5, 0.6) is 0 Å². The van der Waals surface area contributed by atoms with Crippen molar-refractivity contribution >= 4 is 17.3 Å². The molecule has 0 aliphatic heterocycles. The maximum atomic E-state index is 5.21. The molecule has 0 saturated carbocycles. The molecule has 0 aromatic heterocycles. The zero-order valence-electron chi connectivity index (χ0n) is 10.6. The van der Waals surface area contributed by atoms with Crippen molar-refractivity contribution in [3.63, 3.8) is 0 Å². The van der Waals surface area contributed by atoms with Crippen molar-refractivity contribution in [2.75, 3.05) is 6.54 Å². The highest BCUT2D eigenvalue weighted by atomic mass is 32.1. The third-order valence-electron chi connectivity index (χ3n) is 2.65. The number of rotatable bonds is 7. The van der Waals surface area contributed by atoms with Crippen LogP contribution in [-0.4, -0.2) is 17.7 Å². The lowest BCUT2D eigenvalue weighted by atomic mass is 10.0. The van der Waals surface area contributed by atoms with Crippen molar-refractivity contribution in [2.24, 2.45) is 5.92 Å². The molecule has 0 heterocycles. The summed E-state index contributed by atoms with van der Waals surface area (Å²) in [5, 5.41) is 7.36. The molecule has 90 valence electrons. The monoisotopic (exact) mass is 230 g/mol. The largest absolute Gasteiger partial charge is 0.363 e. The van der Waals surface area contributed by atoms with Gasteiger partial charge in [0.05, 0.1) is 0 Å². The van der Waals surface area contributed by atoms with E-state index in [0.717, 1.165) is 17.6 Å². The van der Waals surface area contributed by atoms with Gasteiger partial charge in [-0.05, 0) is 37.9 Å². The summed E-state index contributed by atoms with van der Waals surface area (Å²) < 4.78 is 0. The van der Waals surface area contributed by atoms with Crippen molar-refractivity contribution in [1.29, 1.82) is 0 Å². The van der Waals surface area contributed by atoms with E-state index in [2.05, 4.69) is 38.3 Å². The average molecular weight is 230 g/mol. The van der Waals surface area contributed by atoms with Crippen molar-refractivity contribution in [3.8, 4) is 0 Å². The first kappa shape index (κ1) is 14.7. The Hall–Kier alpha value is -0.310. The molecule has 0 radical (unpaired) electrons. The van der Waals surface area contributed by atoms with Crippen LogP contribution in [0.1, 0.15) is 53.4 Å². The average Bonchev–Trinajstić information content (AvgIpc) is 2.17. The zero-order valence-corrected chi connectivity index (χ0v) is 11.4. The third kappa shape index (κ3) is 8.67. The maximum absolute atomic E-state index is 5.21. The number of unbranched alkanes of at least 4 members (excludes halogenated alkanes) is 1. The molecule has 0 amide bonds. The summed E-state index contributed by atoms with van der Waals surface area (Å²) in [6, 6.07) is 0.474. The van der Waals surface area contributed by atoms with Crippen LogP contribution >= 0.6 is 12.2 Å². The molecule has 0 saturated heterocycles. The summed E-state index contributed by atoms with van der Waals surface area (Å²) in [5.74, 6) is 0.769. The van der Waals surface area contributed by atoms with Crippen LogP contribution in [-0.2, 0) is 0 Å². The van der Waals surface area contributed by atoms with Crippen LogP contribution in [0.2, 0.25) is 0 Å². The van der Waals surface area contributed by atoms with E-state index in [1.165, 1.54) is 25.7 Å². The molecule has 0 aliphatic carbocycles. The SMILES string of the molecule is CCCCNC(=S)NC(C)CC(C)CC. The first-order chi connectivity index (χ1) is 7.10. The van der Waals surface area contributed by atoms with Gasteiger partial charge in [0.15, 0.2) is 5.11 Å². The van der Waals surface area contributed by atoms with Crippen LogP contribution in [0.4, 0.5) is 0 Å². The minimum Gasteiger partial charge on any atom is -0.363 e. The molecule has 0 aromatic rings. The predicted octanol–water partition coefficient (Wildman–Crippen LogP) is 3.08. The molecule has 0 spiro atoms. The molecular formula is C12H26N2S. The van der Waals surface area contributed by atoms with Crippen LogP contribution < -0.4 is 10.6 Å². The van der Waals surface area contributed by atoms with Gasteiger partial charge < -0.3 is 10.6 Å². The molecule has 0 bridgehead atoms. The van der Waals surface area contributed by atoms with Gasteiger partial charge >= 0.3 is 0 Å². The summed E-state index contributed by atoms with van der Waals surface area (Å²) in [5.41, 5.74) is 0. The fourth-order valence-corrected chi connectivity index (χ4v) is 1.79. The van der Waals surface area contributed by atoms with Gasteiger partial charge in [-0.25, -0.2) is 0 Å². The van der Waals surface area contributed by atoms with Crippen molar-refractivity contribution < 1.29 is 0 Å². The molecule has 2 atom stereocenters. The lowest BCUT2D eigenvalue weighted by Gasteiger charge is -2.19. The van der Waals surface area contributed by atoms with E-state index in [1.807, 2.05) is 0 Å². The fourth-order valence-electron chi connectivity index (χ4n) is 1.48. The summed E-state index contributed by atoms with van der Waals surface area (Å²) in [7, 11) is 0. The van der Waals surface area contributed by atoms with Crippen LogP contribution in [0, 0.1) is 5.92 Å². The summed E-state index contributed by atoms with van der Waals surface area (Å²) in [6.07, 6.45) is 4.81. The first-order valence-corrected chi connectivity index (χ1v) is 6.55. The second kappa shape index (κ2) is 8.96. The Morgan fingerprint density at radius 2 is 1.93 bits per heavy atom. The van der Waals surface area contributed by atoms with Crippen LogP contribution in [0.15, 0.2) is 0 Å². The van der Waals surface area contributed by atoms with E-state index in [1.54, 1.807) is 0 Å². The lowest BCUT2D eigenvalue weighted by Crippen LogP contribution is -2.41. The van der Waals surface area contributed by atoms with E-state index in [9.17, 15) is 0 Å². The second-order valence-corrected chi connectivity index (χ2v) is 4.81. The van der Waals surface area contributed by atoms with Gasteiger partial charge in [-0.15, -0.1) is 0 Å². The number of nitrogens with one attached hydrogen (secondary N) is 2. The third-order valence-corrected chi connectivity index (χ3v) is 2.91. The van der Waals surface area contributed by atoms with Crippen LogP contribution in [0.3, 0.4) is 0 Å². The fraction of sp³-hybridized carbons (Fsp3) is 0.917. The first-order valence-electron chi connectivity index (χ1n) is 6.14. The molecule has 0 fully saturated rings. The minimum absolute atomic E-state index is 0.474. The Balaban J connectivity index is 3.57. The van der Waals surface area contributed by atoms with E-state index in [0.29, 0.717) is 6.04 Å². The van der Waals surface area contributed by atoms with Gasteiger partial charge in [0.1, 0.15) is 0 Å². The Bertz CT molecular complexity index is 171. The van der Waals surface area contributed by atoms with Gasteiger partial charge in [0.25, 0.3) is 0 Å². The van der Waals surface area contributed by atoms with E-state index < -0.39 is 0 Å². The number of thiocarbonyl (C=S) groups is 1. The Morgan fingerprint density at radius 3 is 2.47 bits per heavy atom. The van der Waals surface area contributed by atoms with Crippen LogP contribution in [0.25, 0.3) is 0 Å². The quantitative estimate of drug-likeness (QED) is 0.519. The molecular weight excluding hydrogens is 204 g/mol. The van der Waals surface area contributed by atoms with Gasteiger partial charge in [-0.2, -0.15) is 0 Å². The molecule has 2 nitrogen and oxygen atoms in total. The highest BCUT2D eigenvalue weighted by Gasteiger charge is 2.07. The normalized spacial score (nSPS) is 14.4. The number of hydrogen-bond donors (Lipinski definition) is 2. The molecule has 3 heteroatoms. The summed E-state index contributed by atoms with van der Waals surface area (Å²) in [6.45, 7) is 9.88.